The van der Waals surface area contributed by atoms with E-state index in [4.69, 9.17) is 9.84 Å². The van der Waals surface area contributed by atoms with Crippen molar-refractivity contribution in [2.45, 2.75) is 6.42 Å². The molecule has 6 heteroatoms. The fourth-order valence-corrected chi connectivity index (χ4v) is 3.65. The molecule has 3 aromatic rings. The van der Waals surface area contributed by atoms with Gasteiger partial charge in [0.2, 0.25) is 0 Å². The maximum absolute atomic E-state index is 13.5. The summed E-state index contributed by atoms with van der Waals surface area (Å²) in [6, 6.07) is 17.6. The first-order valence-electron chi connectivity index (χ1n) is 9.93. The van der Waals surface area contributed by atoms with Gasteiger partial charge in [0.05, 0.1) is 18.4 Å². The van der Waals surface area contributed by atoms with Crippen molar-refractivity contribution in [3.05, 3.63) is 66.4 Å². The van der Waals surface area contributed by atoms with Gasteiger partial charge in [0, 0.05) is 31.4 Å². The summed E-state index contributed by atoms with van der Waals surface area (Å²) in [5.74, 6) is 0.770. The Morgan fingerprint density at radius 1 is 1.00 bits per heavy atom. The molecule has 6 nitrogen and oxygen atoms in total. The van der Waals surface area contributed by atoms with Crippen LogP contribution in [0.2, 0.25) is 0 Å². The van der Waals surface area contributed by atoms with Crippen LogP contribution in [0, 0.1) is 0 Å². The van der Waals surface area contributed by atoms with Crippen LogP contribution in [0.5, 0.6) is 5.75 Å². The van der Waals surface area contributed by atoms with E-state index in [-0.39, 0.29) is 5.91 Å². The van der Waals surface area contributed by atoms with E-state index in [2.05, 4.69) is 11.9 Å². The topological polar surface area (TPSA) is 50.6 Å². The number of likely N-dealkylation sites (N-methyl/N-ethyl adjacent to an activating group) is 1. The smallest absolute Gasteiger partial charge is 0.257 e. The highest BCUT2D eigenvalue weighted by atomic mass is 16.5. The molecule has 1 saturated heterocycles. The number of ether oxygens (including phenoxy) is 1. The minimum absolute atomic E-state index is 0.0281. The summed E-state index contributed by atoms with van der Waals surface area (Å²) in [5.41, 5.74) is 3.09. The molecule has 0 aliphatic carbocycles. The molecule has 150 valence electrons. The van der Waals surface area contributed by atoms with E-state index in [1.54, 1.807) is 11.8 Å². The van der Waals surface area contributed by atoms with Crippen molar-refractivity contribution in [3.63, 3.8) is 0 Å². The summed E-state index contributed by atoms with van der Waals surface area (Å²) in [6.45, 7) is 3.38. The Morgan fingerprint density at radius 3 is 2.62 bits per heavy atom. The van der Waals surface area contributed by atoms with Crippen molar-refractivity contribution in [2.24, 2.45) is 0 Å². The van der Waals surface area contributed by atoms with Crippen molar-refractivity contribution in [1.82, 2.24) is 19.6 Å². The van der Waals surface area contributed by atoms with Crippen LogP contribution < -0.4 is 4.74 Å². The van der Waals surface area contributed by atoms with Gasteiger partial charge in [-0.15, -0.1) is 0 Å². The summed E-state index contributed by atoms with van der Waals surface area (Å²) in [5, 5.41) is 4.78. The molecule has 0 bridgehead atoms. The van der Waals surface area contributed by atoms with E-state index in [0.29, 0.717) is 11.3 Å². The Kier molecular flexibility index (Phi) is 5.62. The van der Waals surface area contributed by atoms with Gasteiger partial charge >= 0.3 is 0 Å². The van der Waals surface area contributed by atoms with Gasteiger partial charge in [0.25, 0.3) is 5.91 Å². The maximum Gasteiger partial charge on any atom is 0.257 e. The van der Waals surface area contributed by atoms with Crippen LogP contribution in [0.1, 0.15) is 16.8 Å². The zero-order chi connectivity index (χ0) is 20.2. The number of para-hydroxylation sites is 1. The number of benzene rings is 2. The third kappa shape index (κ3) is 4.17. The Hall–Kier alpha value is -3.12. The Morgan fingerprint density at radius 2 is 1.83 bits per heavy atom. The number of nitrogens with zero attached hydrogens (tertiary/aromatic N) is 4. The fraction of sp³-hybridized carbons (Fsp3) is 0.304. The molecule has 1 fully saturated rings. The van der Waals surface area contributed by atoms with Gasteiger partial charge in [-0.2, -0.15) is 5.10 Å². The minimum Gasteiger partial charge on any atom is -0.497 e. The monoisotopic (exact) mass is 390 g/mol. The highest BCUT2D eigenvalue weighted by Gasteiger charge is 2.25. The second-order valence-electron chi connectivity index (χ2n) is 7.35. The van der Waals surface area contributed by atoms with Gasteiger partial charge in [-0.05, 0) is 44.3 Å². The molecule has 1 aliphatic rings. The van der Waals surface area contributed by atoms with Crippen LogP contribution >= 0.6 is 0 Å². The van der Waals surface area contributed by atoms with Gasteiger partial charge in [-0.1, -0.05) is 30.3 Å². The normalized spacial score (nSPS) is 15.2. The van der Waals surface area contributed by atoms with Crippen molar-refractivity contribution in [2.75, 3.05) is 40.3 Å². The first kappa shape index (κ1) is 19.2. The van der Waals surface area contributed by atoms with Gasteiger partial charge < -0.3 is 14.5 Å². The third-order valence-electron chi connectivity index (χ3n) is 5.32. The second-order valence-corrected chi connectivity index (χ2v) is 7.35. The largest absolute Gasteiger partial charge is 0.497 e. The first-order valence-corrected chi connectivity index (χ1v) is 9.93. The quantitative estimate of drug-likeness (QED) is 0.686. The molecule has 0 atom stereocenters. The van der Waals surface area contributed by atoms with Crippen molar-refractivity contribution >= 4 is 5.91 Å². The molecule has 2 heterocycles. The van der Waals surface area contributed by atoms with Crippen LogP contribution in [-0.4, -0.2) is 65.8 Å². The van der Waals surface area contributed by atoms with E-state index >= 15 is 0 Å². The molecule has 1 aromatic heterocycles. The van der Waals surface area contributed by atoms with Gasteiger partial charge in [-0.25, -0.2) is 4.68 Å². The average molecular weight is 390 g/mol. The zero-order valence-electron chi connectivity index (χ0n) is 16.9. The van der Waals surface area contributed by atoms with E-state index < -0.39 is 0 Å². The molecular weight excluding hydrogens is 364 g/mol. The lowest BCUT2D eigenvalue weighted by molar-refractivity contribution is 0.0763. The van der Waals surface area contributed by atoms with Gasteiger partial charge in [-0.3, -0.25) is 4.79 Å². The molecule has 0 radical (unpaired) electrons. The molecule has 2 aromatic carbocycles. The molecule has 0 unspecified atom stereocenters. The maximum atomic E-state index is 13.5. The molecule has 0 spiro atoms. The summed E-state index contributed by atoms with van der Waals surface area (Å²) in [7, 11) is 3.74. The second kappa shape index (κ2) is 8.49. The molecule has 0 N–H and O–H groups in total. The number of aromatic nitrogens is 2. The zero-order valence-corrected chi connectivity index (χ0v) is 16.9. The van der Waals surface area contributed by atoms with Crippen LogP contribution in [-0.2, 0) is 0 Å². The summed E-state index contributed by atoms with van der Waals surface area (Å²) >= 11 is 0. The van der Waals surface area contributed by atoms with Gasteiger partial charge in [0.1, 0.15) is 11.4 Å². The number of hydrogen-bond donors (Lipinski definition) is 0. The lowest BCUT2D eigenvalue weighted by Crippen LogP contribution is -2.34. The lowest BCUT2D eigenvalue weighted by atomic mass is 10.1. The van der Waals surface area contributed by atoms with Crippen molar-refractivity contribution < 1.29 is 9.53 Å². The summed E-state index contributed by atoms with van der Waals surface area (Å²) < 4.78 is 7.16. The van der Waals surface area contributed by atoms with Gasteiger partial charge in [0.15, 0.2) is 0 Å². The van der Waals surface area contributed by atoms with E-state index in [9.17, 15) is 4.79 Å². The first-order chi connectivity index (χ1) is 14.2. The number of methoxy groups -OCH3 is 1. The standard InChI is InChI=1S/C23H26N4O2/c1-25-12-7-13-26(15-14-25)23(28)21-17-27(19-9-4-3-5-10-19)24-22(21)18-8-6-11-20(16-18)29-2/h3-6,8-11,16-17H,7,12-15H2,1-2H3. The van der Waals surface area contributed by atoms with Crippen LogP contribution in [0.25, 0.3) is 16.9 Å². The number of amides is 1. The predicted octanol–water partition coefficient (Wildman–Crippen LogP) is 3.33. The number of rotatable bonds is 4. The van der Waals surface area contributed by atoms with Crippen molar-refractivity contribution in [3.8, 4) is 22.7 Å². The highest BCUT2D eigenvalue weighted by Crippen LogP contribution is 2.28. The molecule has 4 rings (SSSR count). The van der Waals surface area contributed by atoms with Crippen LogP contribution in [0.4, 0.5) is 0 Å². The molecule has 29 heavy (non-hydrogen) atoms. The Bertz CT molecular complexity index is 984. The third-order valence-corrected chi connectivity index (χ3v) is 5.32. The lowest BCUT2D eigenvalue weighted by Gasteiger charge is -2.20. The number of hydrogen-bond acceptors (Lipinski definition) is 4. The van der Waals surface area contributed by atoms with Crippen LogP contribution in [0.3, 0.4) is 0 Å². The summed E-state index contributed by atoms with van der Waals surface area (Å²) in [6.07, 6.45) is 2.82. The SMILES string of the molecule is COc1cccc(-c2nn(-c3ccccc3)cc2C(=O)N2CCCN(C)CC2)c1. The van der Waals surface area contributed by atoms with Crippen molar-refractivity contribution in [1.29, 1.82) is 0 Å². The Balaban J connectivity index is 1.76. The number of carbonyl (C=O) groups is 1. The molecule has 1 aliphatic heterocycles. The van der Waals surface area contributed by atoms with Crippen LogP contribution in [0.15, 0.2) is 60.8 Å². The number of carbonyl (C=O) groups excluding carboxylic acids is 1. The highest BCUT2D eigenvalue weighted by molar-refractivity contribution is 6.00. The molecule has 0 saturated carbocycles. The fourth-order valence-electron chi connectivity index (χ4n) is 3.65. The van der Waals surface area contributed by atoms with E-state index in [1.165, 1.54) is 0 Å². The van der Waals surface area contributed by atoms with E-state index in [0.717, 1.165) is 49.6 Å². The molecular formula is C23H26N4O2. The summed E-state index contributed by atoms with van der Waals surface area (Å²) in [4.78, 5) is 17.7. The molecule has 1 amide bonds. The average Bonchev–Trinajstić information content (AvgIpc) is 3.10. The predicted molar refractivity (Wildman–Crippen MR) is 114 cm³/mol. The Labute approximate surface area is 171 Å². The van der Waals surface area contributed by atoms with E-state index in [1.807, 2.05) is 65.7 Å². The minimum atomic E-state index is 0.0281.